The van der Waals surface area contributed by atoms with Crippen molar-refractivity contribution in [2.24, 2.45) is 0 Å². The third kappa shape index (κ3) is 7.50. The molecule has 5 heteroatoms. The molecule has 0 saturated carbocycles. The zero-order chi connectivity index (χ0) is 14.3. The van der Waals surface area contributed by atoms with Crippen LogP contribution in [0.4, 0.5) is 0 Å². The molecular weight excluding hydrogens is 240 g/mol. The lowest BCUT2D eigenvalue weighted by molar-refractivity contribution is -0.124. The molecule has 0 unspecified atom stereocenters. The summed E-state index contributed by atoms with van der Waals surface area (Å²) in [5.74, 6) is 0.133. The smallest absolute Gasteiger partial charge is 0.234 e. The summed E-state index contributed by atoms with van der Waals surface area (Å²) in [6.07, 6.45) is 0. The minimum atomic E-state index is -0.134. The van der Waals surface area contributed by atoms with Gasteiger partial charge >= 0.3 is 0 Å². The Labute approximate surface area is 117 Å². The molecule has 1 fully saturated rings. The van der Waals surface area contributed by atoms with Gasteiger partial charge in [0.1, 0.15) is 0 Å². The number of carbonyl (C=O) groups excluding carboxylic acids is 1. The van der Waals surface area contributed by atoms with E-state index in [-0.39, 0.29) is 11.4 Å². The summed E-state index contributed by atoms with van der Waals surface area (Å²) in [6.45, 7) is 16.0. The Morgan fingerprint density at radius 2 is 1.68 bits per heavy atom. The van der Waals surface area contributed by atoms with Crippen molar-refractivity contribution in [3.8, 4) is 0 Å². The van der Waals surface area contributed by atoms with E-state index in [9.17, 15) is 4.79 Å². The Kier molecular flexibility index (Phi) is 6.75. The van der Waals surface area contributed by atoms with Crippen LogP contribution in [0.2, 0.25) is 0 Å². The maximum absolute atomic E-state index is 11.8. The average molecular weight is 270 g/mol. The summed E-state index contributed by atoms with van der Waals surface area (Å²) >= 11 is 0. The van der Waals surface area contributed by atoms with Crippen molar-refractivity contribution >= 4 is 5.91 Å². The summed E-state index contributed by atoms with van der Waals surface area (Å²) in [4.78, 5) is 16.5. The van der Waals surface area contributed by atoms with E-state index in [1.54, 1.807) is 0 Å². The van der Waals surface area contributed by atoms with E-state index < -0.39 is 0 Å². The molecule has 1 saturated heterocycles. The number of nitrogens with one attached hydrogen (secondary N) is 2. The third-order valence-electron chi connectivity index (χ3n) is 3.20. The lowest BCUT2D eigenvalue weighted by Crippen LogP contribution is -2.52. The van der Waals surface area contributed by atoms with Crippen LogP contribution in [0.3, 0.4) is 0 Å². The van der Waals surface area contributed by atoms with E-state index in [1.807, 2.05) is 20.8 Å². The highest BCUT2D eigenvalue weighted by Crippen LogP contribution is 2.02. The van der Waals surface area contributed by atoms with Crippen LogP contribution in [0.5, 0.6) is 0 Å². The summed E-state index contributed by atoms with van der Waals surface area (Å²) < 4.78 is 0. The van der Waals surface area contributed by atoms with Crippen LogP contribution in [0, 0.1) is 0 Å². The van der Waals surface area contributed by atoms with Crippen LogP contribution in [0.25, 0.3) is 0 Å². The van der Waals surface area contributed by atoms with Crippen LogP contribution in [-0.4, -0.2) is 73.6 Å². The first kappa shape index (κ1) is 16.4. The standard InChI is InChI=1S/C14H30N4O/c1-5-15-6-7-17-8-10-18(11-9-17)12-13(19)16-14(2,3)4/h15H,5-12H2,1-4H3,(H,16,19). The second kappa shape index (κ2) is 7.82. The zero-order valence-electron chi connectivity index (χ0n) is 13.0. The third-order valence-corrected chi connectivity index (χ3v) is 3.20. The minimum Gasteiger partial charge on any atom is -0.350 e. The highest BCUT2D eigenvalue weighted by Gasteiger charge is 2.20. The van der Waals surface area contributed by atoms with Crippen molar-refractivity contribution in [1.82, 2.24) is 20.4 Å². The highest BCUT2D eigenvalue weighted by molar-refractivity contribution is 5.78. The molecule has 0 atom stereocenters. The van der Waals surface area contributed by atoms with Gasteiger partial charge in [-0.2, -0.15) is 0 Å². The van der Waals surface area contributed by atoms with Crippen LogP contribution in [0.15, 0.2) is 0 Å². The first-order valence-corrected chi connectivity index (χ1v) is 7.37. The Balaban J connectivity index is 2.17. The van der Waals surface area contributed by atoms with Crippen LogP contribution < -0.4 is 10.6 Å². The fraction of sp³-hybridized carbons (Fsp3) is 0.929. The summed E-state index contributed by atoms with van der Waals surface area (Å²) in [6, 6.07) is 0. The molecule has 0 radical (unpaired) electrons. The molecule has 0 aromatic heterocycles. The van der Waals surface area contributed by atoms with Gasteiger partial charge in [-0.1, -0.05) is 6.92 Å². The normalized spacial score (nSPS) is 18.5. The second-order valence-electron chi connectivity index (χ2n) is 6.27. The molecular formula is C14H30N4O. The molecule has 0 bridgehead atoms. The van der Waals surface area contributed by atoms with Gasteiger partial charge < -0.3 is 10.6 Å². The number of amides is 1. The molecule has 1 heterocycles. The number of likely N-dealkylation sites (N-methyl/N-ethyl adjacent to an activating group) is 1. The number of piperazine rings is 1. The largest absolute Gasteiger partial charge is 0.350 e. The number of nitrogens with zero attached hydrogens (tertiary/aromatic N) is 2. The molecule has 5 nitrogen and oxygen atoms in total. The van der Waals surface area contributed by atoms with Crippen molar-refractivity contribution in [3.05, 3.63) is 0 Å². The molecule has 19 heavy (non-hydrogen) atoms. The number of carbonyl (C=O) groups is 1. The predicted molar refractivity (Wildman–Crippen MR) is 79.3 cm³/mol. The van der Waals surface area contributed by atoms with Crippen molar-refractivity contribution < 1.29 is 4.79 Å². The molecule has 0 spiro atoms. The highest BCUT2D eigenvalue weighted by atomic mass is 16.2. The maximum atomic E-state index is 11.8. The maximum Gasteiger partial charge on any atom is 0.234 e. The topological polar surface area (TPSA) is 47.6 Å². The van der Waals surface area contributed by atoms with Crippen LogP contribution in [-0.2, 0) is 4.79 Å². The van der Waals surface area contributed by atoms with Gasteiger partial charge in [0, 0.05) is 44.8 Å². The Hall–Kier alpha value is -0.650. The lowest BCUT2D eigenvalue weighted by Gasteiger charge is -2.34. The van der Waals surface area contributed by atoms with E-state index in [4.69, 9.17) is 0 Å². The molecule has 0 aromatic carbocycles. The quantitative estimate of drug-likeness (QED) is 0.674. The van der Waals surface area contributed by atoms with Crippen LogP contribution in [0.1, 0.15) is 27.7 Å². The number of hydrogen-bond donors (Lipinski definition) is 2. The molecule has 1 amide bonds. The number of rotatable bonds is 6. The van der Waals surface area contributed by atoms with Gasteiger partial charge in [-0.05, 0) is 27.3 Å². The van der Waals surface area contributed by atoms with E-state index in [0.29, 0.717) is 6.54 Å². The van der Waals surface area contributed by atoms with Crippen molar-refractivity contribution in [1.29, 1.82) is 0 Å². The molecule has 112 valence electrons. The van der Waals surface area contributed by atoms with Crippen molar-refractivity contribution in [2.75, 3.05) is 52.4 Å². The Morgan fingerprint density at radius 3 is 2.21 bits per heavy atom. The summed E-state index contributed by atoms with van der Waals surface area (Å²) in [7, 11) is 0. The van der Waals surface area contributed by atoms with E-state index in [1.165, 1.54) is 0 Å². The van der Waals surface area contributed by atoms with Crippen LogP contribution >= 0.6 is 0 Å². The van der Waals surface area contributed by atoms with Gasteiger partial charge in [0.15, 0.2) is 0 Å². The fourth-order valence-electron chi connectivity index (χ4n) is 2.25. The first-order chi connectivity index (χ1) is 8.90. The SMILES string of the molecule is CCNCCN1CCN(CC(=O)NC(C)(C)C)CC1. The van der Waals surface area contributed by atoms with Gasteiger partial charge in [-0.25, -0.2) is 0 Å². The monoisotopic (exact) mass is 270 g/mol. The Morgan fingerprint density at radius 1 is 1.11 bits per heavy atom. The van der Waals surface area contributed by atoms with E-state index in [2.05, 4.69) is 27.4 Å². The van der Waals surface area contributed by atoms with Crippen molar-refractivity contribution in [2.45, 2.75) is 33.2 Å². The Bertz CT molecular complexity index is 267. The molecule has 1 rings (SSSR count). The predicted octanol–water partition coefficient (Wildman–Crippen LogP) is 0.128. The molecule has 0 aliphatic carbocycles. The first-order valence-electron chi connectivity index (χ1n) is 7.37. The second-order valence-corrected chi connectivity index (χ2v) is 6.27. The minimum absolute atomic E-state index is 0.133. The lowest BCUT2D eigenvalue weighted by atomic mass is 10.1. The fourth-order valence-corrected chi connectivity index (χ4v) is 2.25. The molecule has 1 aliphatic heterocycles. The van der Waals surface area contributed by atoms with Crippen molar-refractivity contribution in [3.63, 3.8) is 0 Å². The van der Waals surface area contributed by atoms with Gasteiger partial charge in [0.25, 0.3) is 0 Å². The van der Waals surface area contributed by atoms with Gasteiger partial charge in [-0.3, -0.25) is 14.6 Å². The average Bonchev–Trinajstić information content (AvgIpc) is 2.29. The van der Waals surface area contributed by atoms with E-state index in [0.717, 1.165) is 45.8 Å². The van der Waals surface area contributed by atoms with Gasteiger partial charge in [0.2, 0.25) is 5.91 Å². The van der Waals surface area contributed by atoms with Gasteiger partial charge in [0.05, 0.1) is 6.54 Å². The molecule has 2 N–H and O–H groups in total. The molecule has 1 aliphatic rings. The number of hydrogen-bond acceptors (Lipinski definition) is 4. The summed E-state index contributed by atoms with van der Waals surface area (Å²) in [5, 5.41) is 6.36. The zero-order valence-corrected chi connectivity index (χ0v) is 13.0. The molecule has 0 aromatic rings. The summed E-state index contributed by atoms with van der Waals surface area (Å²) in [5.41, 5.74) is -0.134. The van der Waals surface area contributed by atoms with Gasteiger partial charge in [-0.15, -0.1) is 0 Å². The van der Waals surface area contributed by atoms with E-state index >= 15 is 0 Å².